The van der Waals surface area contributed by atoms with Gasteiger partial charge in [-0.1, -0.05) is 27.7 Å². The Kier molecular flexibility index (Phi) is 9.63. The summed E-state index contributed by atoms with van der Waals surface area (Å²) in [6.45, 7) is 12.9. The molecule has 0 aliphatic carbocycles. The van der Waals surface area contributed by atoms with Crippen LogP contribution in [-0.4, -0.2) is 78.5 Å². The number of nitrogens with one attached hydrogen (secondary N) is 1. The number of aliphatic hydroxyl groups is 1. The van der Waals surface area contributed by atoms with Gasteiger partial charge in [0.05, 0.1) is 6.61 Å². The van der Waals surface area contributed by atoms with Crippen molar-refractivity contribution in [2.24, 2.45) is 0 Å². The van der Waals surface area contributed by atoms with Crippen LogP contribution in [0.25, 0.3) is 0 Å². The Labute approximate surface area is 147 Å². The number of hydrogen-bond donors (Lipinski definition) is 2. The zero-order valence-electron chi connectivity index (χ0n) is 16.0. The molecular weight excluding hydrogens is 306 g/mol. The van der Waals surface area contributed by atoms with Crippen molar-refractivity contribution in [3.63, 3.8) is 0 Å². The molecule has 0 bridgehead atoms. The highest BCUT2D eigenvalue weighted by atomic mass is 16.6. The molecule has 3 saturated heterocycles. The third-order valence-corrected chi connectivity index (χ3v) is 5.10. The van der Waals surface area contributed by atoms with E-state index in [9.17, 15) is 9.90 Å². The molecule has 0 unspecified atom stereocenters. The second kappa shape index (κ2) is 10.9. The molecule has 0 aromatic rings. The van der Waals surface area contributed by atoms with E-state index in [2.05, 4.69) is 10.2 Å². The van der Waals surface area contributed by atoms with E-state index in [1.807, 2.05) is 27.7 Å². The van der Waals surface area contributed by atoms with Crippen molar-refractivity contribution in [1.82, 2.24) is 15.1 Å². The van der Waals surface area contributed by atoms with Gasteiger partial charge in [-0.3, -0.25) is 4.90 Å². The summed E-state index contributed by atoms with van der Waals surface area (Å²) in [6, 6.07) is 0.288. The van der Waals surface area contributed by atoms with Gasteiger partial charge in [0.15, 0.2) is 0 Å². The fraction of sp³-hybridized carbons (Fsp3) is 0.944. The van der Waals surface area contributed by atoms with Crippen molar-refractivity contribution < 1.29 is 14.6 Å². The van der Waals surface area contributed by atoms with Crippen molar-refractivity contribution in [2.75, 3.05) is 45.9 Å². The molecular formula is C18H37N3O3. The smallest absolute Gasteiger partial charge is 0.409 e. The maximum Gasteiger partial charge on any atom is 0.409 e. The number of aliphatic hydroxyl groups excluding tert-OH is 1. The normalized spacial score (nSPS) is 29.0. The molecule has 1 amide bonds. The van der Waals surface area contributed by atoms with Crippen molar-refractivity contribution >= 4 is 6.09 Å². The van der Waals surface area contributed by atoms with Gasteiger partial charge in [-0.15, -0.1) is 0 Å². The lowest BCUT2D eigenvalue weighted by molar-refractivity contribution is 0.0397. The maximum absolute atomic E-state index is 12.0. The molecule has 3 heterocycles. The number of amides is 1. The molecule has 142 valence electrons. The Hall–Kier alpha value is -0.850. The van der Waals surface area contributed by atoms with E-state index >= 15 is 0 Å². The molecule has 2 N–H and O–H groups in total. The number of carbonyl (C=O) groups is 1. The van der Waals surface area contributed by atoms with Crippen LogP contribution in [0.1, 0.15) is 53.4 Å². The Balaban J connectivity index is 0.000000671. The van der Waals surface area contributed by atoms with Crippen LogP contribution >= 0.6 is 0 Å². The summed E-state index contributed by atoms with van der Waals surface area (Å²) < 4.78 is 5.50. The van der Waals surface area contributed by atoms with E-state index in [1.165, 1.54) is 0 Å². The number of fused-ring (bicyclic) bond motifs is 1. The van der Waals surface area contributed by atoms with E-state index in [0.29, 0.717) is 6.61 Å². The van der Waals surface area contributed by atoms with Crippen molar-refractivity contribution in [1.29, 1.82) is 0 Å². The van der Waals surface area contributed by atoms with Gasteiger partial charge < -0.3 is 20.1 Å². The SMILES string of the molecule is CC.CC.O=C(OC[C@H]1CC[C@@]2(CO)CCCN12)N1CCNCC1. The summed E-state index contributed by atoms with van der Waals surface area (Å²) >= 11 is 0. The molecule has 0 saturated carbocycles. The third-order valence-electron chi connectivity index (χ3n) is 5.10. The fourth-order valence-electron chi connectivity index (χ4n) is 3.92. The topological polar surface area (TPSA) is 65.0 Å². The lowest BCUT2D eigenvalue weighted by Crippen LogP contribution is -2.49. The van der Waals surface area contributed by atoms with Gasteiger partial charge in [-0.25, -0.2) is 4.79 Å². The number of nitrogens with zero attached hydrogens (tertiary/aromatic N) is 2. The van der Waals surface area contributed by atoms with Gasteiger partial charge in [0.1, 0.15) is 6.61 Å². The first-order valence-electron chi connectivity index (χ1n) is 9.75. The molecule has 6 heteroatoms. The predicted octanol–water partition coefficient (Wildman–Crippen LogP) is 2.07. The highest BCUT2D eigenvalue weighted by Crippen LogP contribution is 2.41. The van der Waals surface area contributed by atoms with Gasteiger partial charge in [0.2, 0.25) is 0 Å². The molecule has 2 atom stereocenters. The number of hydrogen-bond acceptors (Lipinski definition) is 5. The van der Waals surface area contributed by atoms with Crippen LogP contribution in [0.15, 0.2) is 0 Å². The summed E-state index contributed by atoms with van der Waals surface area (Å²) in [4.78, 5) is 16.1. The summed E-state index contributed by atoms with van der Waals surface area (Å²) in [6.07, 6.45) is 4.08. The second-order valence-electron chi connectivity index (χ2n) is 6.19. The first-order valence-corrected chi connectivity index (χ1v) is 9.75. The first-order chi connectivity index (χ1) is 11.7. The number of piperazine rings is 1. The number of ether oxygens (including phenoxy) is 1. The molecule has 3 aliphatic rings. The lowest BCUT2D eigenvalue weighted by atomic mass is 9.95. The molecule has 0 aromatic heterocycles. The third kappa shape index (κ3) is 4.83. The van der Waals surface area contributed by atoms with Crippen molar-refractivity contribution in [3.05, 3.63) is 0 Å². The van der Waals surface area contributed by atoms with Crippen LogP contribution in [0, 0.1) is 0 Å². The minimum atomic E-state index is -0.188. The second-order valence-corrected chi connectivity index (χ2v) is 6.19. The van der Waals surface area contributed by atoms with Crippen LogP contribution in [-0.2, 0) is 4.74 Å². The van der Waals surface area contributed by atoms with E-state index in [1.54, 1.807) is 4.90 Å². The van der Waals surface area contributed by atoms with Crippen LogP contribution in [0.3, 0.4) is 0 Å². The molecule has 24 heavy (non-hydrogen) atoms. The Morgan fingerprint density at radius 1 is 1.17 bits per heavy atom. The summed E-state index contributed by atoms with van der Waals surface area (Å²) in [5.74, 6) is 0. The van der Waals surface area contributed by atoms with Crippen LogP contribution in [0.5, 0.6) is 0 Å². The summed E-state index contributed by atoms with van der Waals surface area (Å²) in [7, 11) is 0. The van der Waals surface area contributed by atoms with Crippen LogP contribution in [0.2, 0.25) is 0 Å². The minimum Gasteiger partial charge on any atom is -0.448 e. The standard InChI is InChI=1S/C14H25N3O3.2C2H6/c18-11-14-3-1-7-17(14)12(2-4-14)10-20-13(19)16-8-5-15-6-9-16;2*1-2/h12,15,18H,1-11H2;2*1-2H3/t12-,14-;;/m1../s1. The quantitative estimate of drug-likeness (QED) is 0.821. The lowest BCUT2D eigenvalue weighted by Gasteiger charge is -2.33. The van der Waals surface area contributed by atoms with Crippen LogP contribution in [0.4, 0.5) is 4.79 Å². The Bertz CT molecular complexity index is 361. The van der Waals surface area contributed by atoms with E-state index in [0.717, 1.165) is 58.4 Å². The highest BCUT2D eigenvalue weighted by Gasteiger charge is 2.48. The number of carbonyl (C=O) groups excluding carboxylic acids is 1. The van der Waals surface area contributed by atoms with Gasteiger partial charge in [-0.2, -0.15) is 0 Å². The first kappa shape index (κ1) is 21.2. The molecule has 6 nitrogen and oxygen atoms in total. The average Bonchev–Trinajstić information content (AvgIpc) is 3.23. The molecule has 3 fully saturated rings. The molecule has 3 rings (SSSR count). The average molecular weight is 344 g/mol. The van der Waals surface area contributed by atoms with Crippen LogP contribution < -0.4 is 5.32 Å². The molecule has 0 spiro atoms. The zero-order chi connectivity index (χ0) is 18.0. The Morgan fingerprint density at radius 2 is 1.83 bits per heavy atom. The zero-order valence-corrected chi connectivity index (χ0v) is 16.0. The van der Waals surface area contributed by atoms with Crippen molar-refractivity contribution in [2.45, 2.75) is 65.0 Å². The summed E-state index contributed by atoms with van der Waals surface area (Å²) in [5, 5.41) is 12.9. The van der Waals surface area contributed by atoms with E-state index < -0.39 is 0 Å². The van der Waals surface area contributed by atoms with Gasteiger partial charge in [0.25, 0.3) is 0 Å². The predicted molar refractivity (Wildman–Crippen MR) is 97.3 cm³/mol. The number of rotatable bonds is 3. The van der Waals surface area contributed by atoms with Gasteiger partial charge in [-0.05, 0) is 32.2 Å². The summed E-state index contributed by atoms with van der Waals surface area (Å²) in [5.41, 5.74) is -0.0217. The molecule has 0 aromatic carbocycles. The van der Waals surface area contributed by atoms with E-state index in [-0.39, 0.29) is 24.3 Å². The Morgan fingerprint density at radius 3 is 2.46 bits per heavy atom. The molecule has 3 aliphatic heterocycles. The van der Waals surface area contributed by atoms with Gasteiger partial charge in [0, 0.05) is 37.8 Å². The maximum atomic E-state index is 12.0. The molecule has 0 radical (unpaired) electrons. The fourth-order valence-corrected chi connectivity index (χ4v) is 3.92. The monoisotopic (exact) mass is 343 g/mol. The largest absolute Gasteiger partial charge is 0.448 e. The van der Waals surface area contributed by atoms with E-state index in [4.69, 9.17) is 4.74 Å². The van der Waals surface area contributed by atoms with Crippen molar-refractivity contribution in [3.8, 4) is 0 Å². The van der Waals surface area contributed by atoms with Gasteiger partial charge >= 0.3 is 6.09 Å². The highest BCUT2D eigenvalue weighted by molar-refractivity contribution is 5.67. The minimum absolute atomic E-state index is 0.0217.